The number of carboxylic acid groups (broad SMARTS) is 2. The number of ether oxygens (including phenoxy) is 1. The standard InChI is InChI=1S/C18H21Cl2N3O.C5H6O4/c19-15-12-16(20)14-18(13-15)23(17-2-4-21-5-3-17)7-1-6-22-8-10-24-11-9-22;1-3(5(8)9)2-4(6)7/h2-5,12-14H,1,6-11H2;2H,1H3,(H,6,7)(H,8,9). The Morgan fingerprint density at radius 1 is 1.09 bits per heavy atom. The van der Waals surface area contributed by atoms with E-state index < -0.39 is 11.9 Å². The molecule has 1 saturated heterocycles. The van der Waals surface area contributed by atoms with Gasteiger partial charge in [-0.1, -0.05) is 23.2 Å². The maximum absolute atomic E-state index is 9.90. The molecule has 3 rings (SSSR count). The number of anilines is 2. The molecule has 178 valence electrons. The van der Waals surface area contributed by atoms with Crippen LogP contribution in [0.5, 0.6) is 0 Å². The first kappa shape index (κ1) is 26.6. The molecule has 0 saturated carbocycles. The summed E-state index contributed by atoms with van der Waals surface area (Å²) in [6, 6.07) is 9.66. The van der Waals surface area contributed by atoms with Crippen LogP contribution in [0.25, 0.3) is 0 Å². The summed E-state index contributed by atoms with van der Waals surface area (Å²) >= 11 is 12.4. The van der Waals surface area contributed by atoms with Crippen molar-refractivity contribution < 1.29 is 24.5 Å². The van der Waals surface area contributed by atoms with E-state index in [9.17, 15) is 9.59 Å². The van der Waals surface area contributed by atoms with Crippen LogP contribution < -0.4 is 4.90 Å². The maximum Gasteiger partial charge on any atom is 0.331 e. The summed E-state index contributed by atoms with van der Waals surface area (Å²) in [7, 11) is 0. The topological polar surface area (TPSA) is 103 Å². The first-order valence-corrected chi connectivity index (χ1v) is 11.1. The number of benzene rings is 1. The highest BCUT2D eigenvalue weighted by Crippen LogP contribution is 2.30. The van der Waals surface area contributed by atoms with E-state index in [1.807, 2.05) is 24.3 Å². The average Bonchev–Trinajstić information content (AvgIpc) is 2.77. The fraction of sp³-hybridized carbons (Fsp3) is 0.348. The molecule has 0 unspecified atom stereocenters. The number of nitrogens with zero attached hydrogens (tertiary/aromatic N) is 3. The molecule has 2 heterocycles. The molecule has 1 fully saturated rings. The number of aliphatic carboxylic acids is 2. The van der Waals surface area contributed by atoms with Crippen LogP contribution >= 0.6 is 23.2 Å². The number of aromatic nitrogens is 1. The Bertz CT molecular complexity index is 930. The van der Waals surface area contributed by atoms with Gasteiger partial charge in [0, 0.05) is 71.6 Å². The Hall–Kier alpha value is -2.65. The molecule has 0 amide bonds. The normalized spacial score (nSPS) is 14.2. The molecular weight excluding hydrogens is 469 g/mol. The molecule has 2 aromatic rings. The smallest absolute Gasteiger partial charge is 0.331 e. The van der Waals surface area contributed by atoms with Gasteiger partial charge in [-0.05, 0) is 43.7 Å². The van der Waals surface area contributed by atoms with Crippen molar-refractivity contribution in [2.45, 2.75) is 13.3 Å². The Morgan fingerprint density at radius 2 is 1.70 bits per heavy atom. The number of hydrogen-bond acceptors (Lipinski definition) is 6. The van der Waals surface area contributed by atoms with Crippen molar-refractivity contribution in [3.05, 3.63) is 64.4 Å². The monoisotopic (exact) mass is 495 g/mol. The van der Waals surface area contributed by atoms with E-state index in [-0.39, 0.29) is 5.57 Å². The maximum atomic E-state index is 9.90. The minimum absolute atomic E-state index is 0.178. The number of hydrogen-bond donors (Lipinski definition) is 2. The van der Waals surface area contributed by atoms with Gasteiger partial charge in [0.2, 0.25) is 0 Å². The first-order chi connectivity index (χ1) is 15.8. The predicted molar refractivity (Wildman–Crippen MR) is 129 cm³/mol. The molecule has 0 spiro atoms. The highest BCUT2D eigenvalue weighted by molar-refractivity contribution is 6.35. The number of halogens is 2. The second-order valence-corrected chi connectivity index (χ2v) is 8.14. The third-order valence-electron chi connectivity index (χ3n) is 4.77. The SMILES string of the molecule is CC(=CC(=O)O)C(=O)O.Clc1cc(Cl)cc(N(CCCN2CCOCC2)c2ccncc2)c1. The molecule has 0 atom stereocenters. The molecule has 1 aromatic carbocycles. The van der Waals surface area contributed by atoms with Crippen LogP contribution in [0.15, 0.2) is 54.4 Å². The number of rotatable bonds is 8. The van der Waals surface area contributed by atoms with Gasteiger partial charge in [0.15, 0.2) is 0 Å². The van der Waals surface area contributed by atoms with Gasteiger partial charge in [-0.15, -0.1) is 0 Å². The Balaban J connectivity index is 0.000000365. The van der Waals surface area contributed by atoms with Crippen molar-refractivity contribution in [3.63, 3.8) is 0 Å². The minimum atomic E-state index is -1.24. The summed E-state index contributed by atoms with van der Waals surface area (Å²) in [4.78, 5) is 28.5. The van der Waals surface area contributed by atoms with Crippen molar-refractivity contribution in [3.8, 4) is 0 Å². The van der Waals surface area contributed by atoms with Crippen molar-refractivity contribution in [1.29, 1.82) is 0 Å². The quantitative estimate of drug-likeness (QED) is 0.520. The van der Waals surface area contributed by atoms with Gasteiger partial charge in [0.1, 0.15) is 0 Å². The van der Waals surface area contributed by atoms with Gasteiger partial charge in [-0.2, -0.15) is 0 Å². The predicted octanol–water partition coefficient (Wildman–Crippen LogP) is 4.35. The van der Waals surface area contributed by atoms with Crippen molar-refractivity contribution in [2.75, 3.05) is 44.3 Å². The second-order valence-electron chi connectivity index (χ2n) is 7.26. The van der Waals surface area contributed by atoms with Crippen LogP contribution in [0.2, 0.25) is 10.0 Å². The van der Waals surface area contributed by atoms with Gasteiger partial charge in [-0.25, -0.2) is 9.59 Å². The molecule has 1 aliphatic rings. The third kappa shape index (κ3) is 9.79. The van der Waals surface area contributed by atoms with Crippen LogP contribution in [0, 0.1) is 0 Å². The summed E-state index contributed by atoms with van der Waals surface area (Å²) in [5, 5.41) is 17.4. The van der Waals surface area contributed by atoms with Gasteiger partial charge in [0.05, 0.1) is 13.2 Å². The highest BCUT2D eigenvalue weighted by Gasteiger charge is 2.14. The molecule has 1 aliphatic heterocycles. The van der Waals surface area contributed by atoms with Crippen LogP contribution in [0.1, 0.15) is 13.3 Å². The lowest BCUT2D eigenvalue weighted by Gasteiger charge is -2.29. The largest absolute Gasteiger partial charge is 0.478 e. The van der Waals surface area contributed by atoms with Gasteiger partial charge in [-0.3, -0.25) is 9.88 Å². The van der Waals surface area contributed by atoms with Gasteiger partial charge < -0.3 is 19.8 Å². The fourth-order valence-electron chi connectivity index (χ4n) is 3.15. The van der Waals surface area contributed by atoms with Crippen molar-refractivity contribution >= 4 is 46.5 Å². The van der Waals surface area contributed by atoms with Crippen LogP contribution in [-0.2, 0) is 14.3 Å². The number of carboxylic acids is 2. The van der Waals surface area contributed by atoms with E-state index in [1.54, 1.807) is 18.5 Å². The summed E-state index contributed by atoms with van der Waals surface area (Å²) in [6.07, 6.45) is 5.29. The van der Waals surface area contributed by atoms with Gasteiger partial charge in [0.25, 0.3) is 0 Å². The summed E-state index contributed by atoms with van der Waals surface area (Å²) < 4.78 is 5.40. The van der Waals surface area contributed by atoms with Crippen LogP contribution in [0.4, 0.5) is 11.4 Å². The first-order valence-electron chi connectivity index (χ1n) is 10.3. The summed E-state index contributed by atoms with van der Waals surface area (Å²) in [5.74, 6) is -2.45. The van der Waals surface area contributed by atoms with Crippen molar-refractivity contribution in [2.24, 2.45) is 0 Å². The highest BCUT2D eigenvalue weighted by atomic mass is 35.5. The molecular formula is C23H27Cl2N3O5. The lowest BCUT2D eigenvalue weighted by Crippen LogP contribution is -2.37. The molecule has 1 aromatic heterocycles. The fourth-order valence-corrected chi connectivity index (χ4v) is 3.67. The molecule has 10 heteroatoms. The number of carbonyl (C=O) groups is 2. The number of morpholine rings is 1. The van der Waals surface area contributed by atoms with E-state index in [2.05, 4.69) is 14.8 Å². The molecule has 0 aliphatic carbocycles. The van der Waals surface area contributed by atoms with Crippen LogP contribution in [-0.4, -0.2) is 71.4 Å². The van der Waals surface area contributed by atoms with E-state index in [0.717, 1.165) is 57.2 Å². The summed E-state index contributed by atoms with van der Waals surface area (Å²) in [5.41, 5.74) is 1.91. The number of pyridine rings is 1. The zero-order valence-electron chi connectivity index (χ0n) is 18.3. The van der Waals surface area contributed by atoms with E-state index in [1.165, 1.54) is 6.92 Å². The van der Waals surface area contributed by atoms with E-state index in [4.69, 9.17) is 38.2 Å². The molecule has 0 bridgehead atoms. The van der Waals surface area contributed by atoms with E-state index >= 15 is 0 Å². The summed E-state index contributed by atoms with van der Waals surface area (Å²) in [6.45, 7) is 6.85. The molecule has 8 nitrogen and oxygen atoms in total. The molecule has 33 heavy (non-hydrogen) atoms. The Kier molecular flexibility index (Phi) is 11.1. The Labute approximate surface area is 203 Å². The van der Waals surface area contributed by atoms with Crippen molar-refractivity contribution in [1.82, 2.24) is 9.88 Å². The third-order valence-corrected chi connectivity index (χ3v) is 5.21. The molecule has 2 N–H and O–H groups in total. The minimum Gasteiger partial charge on any atom is -0.478 e. The lowest BCUT2D eigenvalue weighted by atomic mass is 10.2. The Morgan fingerprint density at radius 3 is 2.21 bits per heavy atom. The lowest BCUT2D eigenvalue weighted by molar-refractivity contribution is -0.135. The second kappa shape index (κ2) is 13.8. The van der Waals surface area contributed by atoms with Crippen LogP contribution in [0.3, 0.4) is 0 Å². The average molecular weight is 496 g/mol. The molecule has 0 radical (unpaired) electrons. The zero-order valence-corrected chi connectivity index (χ0v) is 19.8. The van der Waals surface area contributed by atoms with E-state index in [0.29, 0.717) is 16.1 Å². The van der Waals surface area contributed by atoms with Gasteiger partial charge >= 0.3 is 11.9 Å². The zero-order chi connectivity index (χ0) is 24.2.